The van der Waals surface area contributed by atoms with Gasteiger partial charge in [0.2, 0.25) is 11.8 Å². The Labute approximate surface area is 293 Å². The minimum absolute atomic E-state index is 0.0367. The maximum atomic E-state index is 15.1. The molecule has 8 heteroatoms. The molecule has 4 aliphatic rings. The smallest absolute Gasteiger partial charge is 0.238 e. The lowest BCUT2D eigenvalue weighted by Gasteiger charge is -2.55. The Morgan fingerprint density at radius 2 is 1.51 bits per heavy atom. The van der Waals surface area contributed by atoms with Crippen molar-refractivity contribution in [3.63, 3.8) is 0 Å². The zero-order chi connectivity index (χ0) is 34.2. The van der Waals surface area contributed by atoms with Gasteiger partial charge in [-0.05, 0) is 78.3 Å². The van der Waals surface area contributed by atoms with Crippen LogP contribution in [0.4, 0.5) is 5.69 Å². The lowest BCUT2D eigenvalue weighted by atomic mass is 9.44. The Morgan fingerprint density at radius 3 is 2.20 bits per heavy atom. The summed E-state index contributed by atoms with van der Waals surface area (Å²) in [6.07, 6.45) is 3.93. The van der Waals surface area contributed by atoms with Gasteiger partial charge in [0.15, 0.2) is 11.6 Å². The molecule has 6 atom stereocenters. The van der Waals surface area contributed by atoms with Crippen molar-refractivity contribution in [1.82, 2.24) is 0 Å². The van der Waals surface area contributed by atoms with E-state index in [9.17, 15) is 19.5 Å². The topological polar surface area (TPSA) is 91.8 Å². The summed E-state index contributed by atoms with van der Waals surface area (Å²) in [7, 11) is 0. The number of carbonyl (C=O) groups is 4. The molecule has 1 saturated heterocycles. The molecule has 1 aliphatic heterocycles. The van der Waals surface area contributed by atoms with E-state index in [2.05, 4.69) is 0 Å². The second kappa shape index (κ2) is 11.7. The Kier molecular flexibility index (Phi) is 7.50. The third-order valence-electron chi connectivity index (χ3n) is 11.1. The molecule has 0 radical (unpaired) electrons. The van der Waals surface area contributed by atoms with Gasteiger partial charge >= 0.3 is 0 Å². The number of halogens is 2. The Bertz CT molecular complexity index is 2140. The van der Waals surface area contributed by atoms with Crippen molar-refractivity contribution in [2.24, 2.45) is 23.7 Å². The standard InChI is InChI=1S/C41H31Cl2NO5/c1-22-12-13-25(18-33(22)42)44-39(48)29-17-16-27-31(36(29)40(44)49)20-32-38(47)30(23-8-4-2-5-9-23)21-35(46)41(32,24-10-6-3-7-11-24)37(27)28-15-14-26(45)19-34(28)43/h2-16,18-19,21,29,31-32,36-37,45H,17,20H2,1H3. The Morgan fingerprint density at radius 1 is 0.796 bits per heavy atom. The molecule has 244 valence electrons. The number of nitrogens with zero attached hydrogens (tertiary/aromatic N) is 1. The zero-order valence-corrected chi connectivity index (χ0v) is 28.0. The highest BCUT2D eigenvalue weighted by molar-refractivity contribution is 6.34. The number of hydrogen-bond acceptors (Lipinski definition) is 5. The summed E-state index contributed by atoms with van der Waals surface area (Å²) in [5.41, 5.74) is 2.83. The lowest BCUT2D eigenvalue weighted by Crippen LogP contribution is -2.58. The zero-order valence-electron chi connectivity index (χ0n) is 26.5. The summed E-state index contributed by atoms with van der Waals surface area (Å²) in [4.78, 5) is 59.8. The summed E-state index contributed by atoms with van der Waals surface area (Å²) >= 11 is 13.4. The molecule has 6 unspecified atom stereocenters. The number of aryl methyl sites for hydroxylation is 1. The molecule has 3 aliphatic carbocycles. The van der Waals surface area contributed by atoms with Crippen molar-refractivity contribution in [3.8, 4) is 5.75 Å². The van der Waals surface area contributed by atoms with E-state index in [0.29, 0.717) is 33.0 Å². The molecule has 1 N–H and O–H groups in total. The number of amides is 2. The Balaban J connectivity index is 1.36. The first-order valence-corrected chi connectivity index (χ1v) is 17.1. The first-order valence-electron chi connectivity index (χ1n) is 16.4. The molecule has 2 amide bonds. The number of hydrogen-bond donors (Lipinski definition) is 1. The van der Waals surface area contributed by atoms with Crippen LogP contribution in [0.2, 0.25) is 10.0 Å². The summed E-state index contributed by atoms with van der Waals surface area (Å²) in [5, 5.41) is 11.1. The van der Waals surface area contributed by atoms with E-state index in [1.807, 2.05) is 73.7 Å². The van der Waals surface area contributed by atoms with Gasteiger partial charge in [-0.1, -0.05) is 108 Å². The molecule has 1 saturated carbocycles. The highest BCUT2D eigenvalue weighted by Gasteiger charge is 2.66. The van der Waals surface area contributed by atoms with E-state index in [4.69, 9.17) is 23.2 Å². The lowest BCUT2D eigenvalue weighted by molar-refractivity contribution is -0.135. The molecule has 8 rings (SSSR count). The number of allylic oxidation sites excluding steroid dienone is 4. The molecule has 2 fully saturated rings. The largest absolute Gasteiger partial charge is 0.508 e. The summed E-state index contributed by atoms with van der Waals surface area (Å²) < 4.78 is 0. The maximum absolute atomic E-state index is 15.1. The van der Waals surface area contributed by atoms with E-state index >= 15 is 4.79 Å². The molecular formula is C41H31Cl2NO5. The number of imide groups is 1. The van der Waals surface area contributed by atoms with E-state index in [1.165, 1.54) is 23.1 Å². The van der Waals surface area contributed by atoms with Gasteiger partial charge < -0.3 is 5.11 Å². The minimum Gasteiger partial charge on any atom is -0.508 e. The minimum atomic E-state index is -1.40. The average molecular weight is 689 g/mol. The first kappa shape index (κ1) is 31.5. The van der Waals surface area contributed by atoms with E-state index in [-0.39, 0.29) is 47.0 Å². The van der Waals surface area contributed by atoms with Crippen molar-refractivity contribution in [2.45, 2.75) is 31.1 Å². The second-order valence-electron chi connectivity index (χ2n) is 13.4. The highest BCUT2D eigenvalue weighted by atomic mass is 35.5. The highest BCUT2D eigenvalue weighted by Crippen LogP contribution is 2.64. The fourth-order valence-electron chi connectivity index (χ4n) is 8.94. The number of phenolic OH excluding ortho intramolecular Hbond substituents is 1. The van der Waals surface area contributed by atoms with Crippen LogP contribution in [0.15, 0.2) is 115 Å². The van der Waals surface area contributed by atoms with Crippen molar-refractivity contribution >= 4 is 57.8 Å². The predicted molar refractivity (Wildman–Crippen MR) is 188 cm³/mol. The first-order chi connectivity index (χ1) is 23.6. The molecule has 1 heterocycles. The van der Waals surface area contributed by atoms with Crippen LogP contribution in [0.1, 0.15) is 41.0 Å². The molecule has 0 bridgehead atoms. The number of fused-ring (bicyclic) bond motifs is 4. The molecule has 0 spiro atoms. The van der Waals surface area contributed by atoms with Crippen LogP contribution in [0, 0.1) is 30.6 Å². The van der Waals surface area contributed by atoms with Crippen LogP contribution < -0.4 is 4.90 Å². The van der Waals surface area contributed by atoms with Crippen LogP contribution in [-0.2, 0) is 24.6 Å². The van der Waals surface area contributed by atoms with Crippen LogP contribution in [-0.4, -0.2) is 28.5 Å². The summed E-state index contributed by atoms with van der Waals surface area (Å²) in [5.74, 6) is -4.70. The van der Waals surface area contributed by atoms with Gasteiger partial charge in [0, 0.05) is 27.5 Å². The van der Waals surface area contributed by atoms with Crippen molar-refractivity contribution in [1.29, 1.82) is 0 Å². The third-order valence-corrected chi connectivity index (χ3v) is 11.8. The van der Waals surface area contributed by atoms with Gasteiger partial charge in [-0.15, -0.1) is 0 Å². The SMILES string of the molecule is Cc1ccc(N2C(=O)C3CC=C4C(CC5C(=O)C(c6ccccc6)=CC(=O)C5(c5ccccc5)C4c4ccc(O)cc4Cl)C3C2=O)cc1Cl. The molecule has 4 aromatic rings. The average Bonchev–Trinajstić information content (AvgIpc) is 3.36. The maximum Gasteiger partial charge on any atom is 0.238 e. The van der Waals surface area contributed by atoms with Gasteiger partial charge in [-0.3, -0.25) is 19.2 Å². The van der Waals surface area contributed by atoms with Gasteiger partial charge in [0.25, 0.3) is 0 Å². The predicted octanol–water partition coefficient (Wildman–Crippen LogP) is 8.04. The second-order valence-corrected chi connectivity index (χ2v) is 14.3. The molecule has 4 aromatic carbocycles. The van der Waals surface area contributed by atoms with Gasteiger partial charge in [-0.25, -0.2) is 4.90 Å². The number of rotatable bonds is 4. The normalized spacial score (nSPS) is 27.7. The number of anilines is 1. The monoisotopic (exact) mass is 687 g/mol. The summed E-state index contributed by atoms with van der Waals surface area (Å²) in [6, 6.07) is 28.3. The van der Waals surface area contributed by atoms with Crippen molar-refractivity contribution in [3.05, 3.63) is 147 Å². The summed E-state index contributed by atoms with van der Waals surface area (Å²) in [6.45, 7) is 1.85. The molecule has 49 heavy (non-hydrogen) atoms. The van der Waals surface area contributed by atoms with Crippen LogP contribution >= 0.6 is 23.2 Å². The molecule has 0 aromatic heterocycles. The third kappa shape index (κ3) is 4.61. The van der Waals surface area contributed by atoms with Crippen molar-refractivity contribution in [2.75, 3.05) is 4.90 Å². The van der Waals surface area contributed by atoms with Gasteiger partial charge in [-0.2, -0.15) is 0 Å². The number of benzene rings is 4. The number of aromatic hydroxyl groups is 1. The fraction of sp³-hybridized carbons (Fsp3) is 0.220. The quantitative estimate of drug-likeness (QED) is 0.173. The van der Waals surface area contributed by atoms with E-state index in [1.54, 1.807) is 24.3 Å². The van der Waals surface area contributed by atoms with Crippen LogP contribution in [0.25, 0.3) is 5.57 Å². The van der Waals surface area contributed by atoms with E-state index in [0.717, 1.165) is 11.1 Å². The number of carbonyl (C=O) groups excluding carboxylic acids is 4. The van der Waals surface area contributed by atoms with Gasteiger partial charge in [0.05, 0.1) is 22.9 Å². The number of ketones is 2. The number of phenols is 1. The van der Waals surface area contributed by atoms with Crippen LogP contribution in [0.5, 0.6) is 5.75 Å². The number of Topliss-reactive ketones (excluding diaryl/α,β-unsaturated/α-hetero) is 1. The molecular weight excluding hydrogens is 657 g/mol. The molecule has 6 nitrogen and oxygen atoms in total. The van der Waals surface area contributed by atoms with Crippen molar-refractivity contribution < 1.29 is 24.3 Å². The van der Waals surface area contributed by atoms with Gasteiger partial charge in [0.1, 0.15) is 5.75 Å². The fourth-order valence-corrected chi connectivity index (χ4v) is 9.40. The Hall–Kier alpha value is -4.78. The van der Waals surface area contributed by atoms with E-state index < -0.39 is 35.0 Å². The van der Waals surface area contributed by atoms with Crippen LogP contribution in [0.3, 0.4) is 0 Å².